The second kappa shape index (κ2) is 8.68. The summed E-state index contributed by atoms with van der Waals surface area (Å²) in [4.78, 5) is 19.3. The van der Waals surface area contributed by atoms with E-state index in [1.807, 2.05) is 22.8 Å². The van der Waals surface area contributed by atoms with Crippen LogP contribution in [-0.2, 0) is 24.1 Å². The molecule has 2 saturated heterocycles. The number of aromatic nitrogens is 4. The van der Waals surface area contributed by atoms with E-state index in [1.165, 1.54) is 6.26 Å². The minimum atomic E-state index is -3.46. The fourth-order valence-corrected chi connectivity index (χ4v) is 6.99. The Morgan fingerprint density at radius 2 is 1.82 bits per heavy atom. The van der Waals surface area contributed by atoms with Crippen molar-refractivity contribution >= 4 is 32.6 Å². The van der Waals surface area contributed by atoms with Crippen LogP contribution in [0.3, 0.4) is 0 Å². The average molecular weight is 543 g/mol. The number of imidazole rings is 1. The van der Waals surface area contributed by atoms with Crippen LogP contribution in [0.25, 0.3) is 17.0 Å². The Morgan fingerprint density at radius 3 is 2.55 bits per heavy atom. The molecular weight excluding hydrogens is 512 g/mol. The zero-order valence-electron chi connectivity index (χ0n) is 21.4. The highest BCUT2D eigenvalue weighted by atomic mass is 32.2. The maximum absolute atomic E-state index is 13.1. The number of hydrogen-bond donors (Lipinski definition) is 0. The van der Waals surface area contributed by atoms with Crippen molar-refractivity contribution in [2.24, 2.45) is 0 Å². The quantitative estimate of drug-likeness (QED) is 0.464. The number of hydrogen-bond acceptors (Lipinski definition) is 11. The topological polar surface area (TPSA) is 121 Å². The van der Waals surface area contributed by atoms with Crippen LogP contribution in [0.15, 0.2) is 18.2 Å². The number of nitrogens with zero attached hydrogens (tertiary/aromatic N) is 6. The van der Waals surface area contributed by atoms with E-state index in [4.69, 9.17) is 33.9 Å². The number of morpholine rings is 2. The van der Waals surface area contributed by atoms with E-state index in [-0.39, 0.29) is 6.04 Å². The molecule has 2 aromatic heterocycles. The fourth-order valence-electron chi connectivity index (χ4n) is 5.66. The molecule has 0 unspecified atom stereocenters. The first-order valence-electron chi connectivity index (χ1n) is 12.9. The lowest BCUT2D eigenvalue weighted by Gasteiger charge is -2.41. The number of sulfone groups is 1. The Hall–Kier alpha value is -3.16. The summed E-state index contributed by atoms with van der Waals surface area (Å²) in [6, 6.07) is 5.70. The first kappa shape index (κ1) is 23.9. The number of anilines is 2. The van der Waals surface area contributed by atoms with Gasteiger partial charge in [0.2, 0.25) is 11.9 Å². The summed E-state index contributed by atoms with van der Waals surface area (Å²) >= 11 is 0. The Balaban J connectivity index is 1.49. The molecule has 3 aromatic rings. The van der Waals surface area contributed by atoms with Crippen LogP contribution in [0.1, 0.15) is 18.5 Å². The maximum Gasteiger partial charge on any atom is 0.239 e. The highest BCUT2D eigenvalue weighted by Gasteiger charge is 2.58. The SMILES string of the molecule is COc1ccc2c(c1)nc(N1CCOCC1)n2-c1nc2c(c(C3(S(C)(=O)=O)CC3)n1)OC[C@@H]1COCCN21. The molecule has 3 aliphatic heterocycles. The van der Waals surface area contributed by atoms with Crippen LogP contribution >= 0.6 is 0 Å². The highest BCUT2D eigenvalue weighted by molar-refractivity contribution is 7.92. The lowest BCUT2D eigenvalue weighted by atomic mass is 10.1. The summed E-state index contributed by atoms with van der Waals surface area (Å²) in [5.41, 5.74) is 1.98. The zero-order valence-corrected chi connectivity index (χ0v) is 22.2. The van der Waals surface area contributed by atoms with Crippen molar-refractivity contribution in [3.8, 4) is 17.4 Å². The summed E-state index contributed by atoms with van der Waals surface area (Å²) in [5.74, 6) is 2.83. The summed E-state index contributed by atoms with van der Waals surface area (Å²) in [7, 11) is -1.83. The van der Waals surface area contributed by atoms with Gasteiger partial charge in [-0.3, -0.25) is 0 Å². The van der Waals surface area contributed by atoms with Crippen LogP contribution in [0.4, 0.5) is 11.8 Å². The predicted octanol–water partition coefficient (Wildman–Crippen LogP) is 1.29. The third-order valence-electron chi connectivity index (χ3n) is 7.94. The minimum absolute atomic E-state index is 0.00254. The van der Waals surface area contributed by atoms with Gasteiger partial charge in [-0.05, 0) is 25.0 Å². The third-order valence-corrected chi connectivity index (χ3v) is 9.96. The van der Waals surface area contributed by atoms with Crippen LogP contribution in [0, 0.1) is 0 Å². The van der Waals surface area contributed by atoms with Crippen molar-refractivity contribution in [1.29, 1.82) is 0 Å². The molecule has 0 bridgehead atoms. The molecule has 0 N–H and O–H groups in total. The summed E-state index contributed by atoms with van der Waals surface area (Å²) in [5, 5.41) is 0. The van der Waals surface area contributed by atoms with E-state index < -0.39 is 14.6 Å². The Kier molecular flexibility index (Phi) is 5.46. The number of benzene rings is 1. The van der Waals surface area contributed by atoms with Gasteiger partial charge >= 0.3 is 0 Å². The van der Waals surface area contributed by atoms with Crippen molar-refractivity contribution in [1.82, 2.24) is 19.5 Å². The first-order valence-corrected chi connectivity index (χ1v) is 14.8. The predicted molar refractivity (Wildman–Crippen MR) is 139 cm³/mol. The van der Waals surface area contributed by atoms with Gasteiger partial charge in [-0.1, -0.05) is 0 Å². The van der Waals surface area contributed by atoms with Crippen LogP contribution in [0.5, 0.6) is 11.5 Å². The van der Waals surface area contributed by atoms with E-state index in [0.717, 1.165) is 11.0 Å². The zero-order chi connectivity index (χ0) is 26.1. The van der Waals surface area contributed by atoms with Gasteiger partial charge in [0, 0.05) is 32.0 Å². The van der Waals surface area contributed by atoms with E-state index in [0.29, 0.717) is 100 Å². The minimum Gasteiger partial charge on any atom is -0.497 e. The smallest absolute Gasteiger partial charge is 0.239 e. The number of methoxy groups -OCH3 is 1. The molecule has 7 rings (SSSR count). The van der Waals surface area contributed by atoms with Gasteiger partial charge in [0.05, 0.1) is 50.6 Å². The standard InChI is InChI=1S/C25H30N6O6S/c1-34-17-3-4-19-18(13-17)26-24(29-7-10-35-11-8-29)31(19)23-27-21(25(5-6-25)38(2,32)33)20-22(28-23)30-9-12-36-14-16(30)15-37-20/h3-4,13,16H,5-12,14-15H2,1-2H3/t16-/m0/s1. The highest BCUT2D eigenvalue weighted by Crippen LogP contribution is 2.56. The van der Waals surface area contributed by atoms with Crippen molar-refractivity contribution in [2.45, 2.75) is 23.6 Å². The largest absolute Gasteiger partial charge is 0.497 e. The van der Waals surface area contributed by atoms with Gasteiger partial charge in [0.15, 0.2) is 21.4 Å². The molecule has 0 spiro atoms. The number of rotatable bonds is 5. The van der Waals surface area contributed by atoms with E-state index in [2.05, 4.69) is 9.80 Å². The molecule has 1 atom stereocenters. The van der Waals surface area contributed by atoms with Gasteiger partial charge < -0.3 is 28.7 Å². The summed E-state index contributed by atoms with van der Waals surface area (Å²) in [6.45, 7) is 4.64. The normalized spacial score (nSPS) is 22.5. The average Bonchev–Trinajstić information content (AvgIpc) is 3.68. The van der Waals surface area contributed by atoms with Crippen molar-refractivity contribution in [2.75, 3.05) is 75.8 Å². The van der Waals surface area contributed by atoms with Crippen LogP contribution in [-0.4, -0.2) is 100 Å². The molecule has 0 amide bonds. The van der Waals surface area contributed by atoms with Crippen molar-refractivity contribution in [3.05, 3.63) is 23.9 Å². The lowest BCUT2D eigenvalue weighted by molar-refractivity contribution is 0.0692. The molecule has 4 aliphatic rings. The molecule has 0 radical (unpaired) electrons. The van der Waals surface area contributed by atoms with E-state index >= 15 is 0 Å². The second-order valence-electron chi connectivity index (χ2n) is 10.2. The molecule has 3 fully saturated rings. The molecule has 1 saturated carbocycles. The molecule has 1 aliphatic carbocycles. The van der Waals surface area contributed by atoms with Gasteiger partial charge in [-0.25, -0.2) is 23.0 Å². The van der Waals surface area contributed by atoms with Gasteiger partial charge in [-0.15, -0.1) is 0 Å². The van der Waals surface area contributed by atoms with E-state index in [9.17, 15) is 8.42 Å². The molecule has 202 valence electrons. The maximum atomic E-state index is 13.1. The fraction of sp³-hybridized carbons (Fsp3) is 0.560. The summed E-state index contributed by atoms with van der Waals surface area (Å²) < 4.78 is 49.9. The van der Waals surface area contributed by atoms with Gasteiger partial charge in [0.25, 0.3) is 0 Å². The first-order chi connectivity index (χ1) is 18.4. The Labute approximate surface area is 220 Å². The molecule has 38 heavy (non-hydrogen) atoms. The molecule has 13 heteroatoms. The molecular formula is C25H30N6O6S. The molecule has 5 heterocycles. The third kappa shape index (κ3) is 3.62. The van der Waals surface area contributed by atoms with Crippen molar-refractivity contribution in [3.63, 3.8) is 0 Å². The van der Waals surface area contributed by atoms with Crippen molar-refractivity contribution < 1.29 is 27.4 Å². The van der Waals surface area contributed by atoms with Gasteiger partial charge in [-0.2, -0.15) is 4.98 Å². The number of ether oxygens (including phenoxy) is 4. The molecule has 1 aromatic carbocycles. The Bertz CT molecular complexity index is 1510. The van der Waals surface area contributed by atoms with Gasteiger partial charge in [0.1, 0.15) is 22.8 Å². The molecule has 12 nitrogen and oxygen atoms in total. The van der Waals surface area contributed by atoms with E-state index in [1.54, 1.807) is 7.11 Å². The van der Waals surface area contributed by atoms with Crippen LogP contribution in [0.2, 0.25) is 0 Å². The monoisotopic (exact) mass is 542 g/mol. The summed E-state index contributed by atoms with van der Waals surface area (Å²) in [6.07, 6.45) is 2.29. The number of fused-ring (bicyclic) bond motifs is 4. The lowest BCUT2D eigenvalue weighted by Crippen LogP contribution is -2.52. The Morgan fingerprint density at radius 1 is 1.03 bits per heavy atom. The second-order valence-corrected chi connectivity index (χ2v) is 12.6. The van der Waals surface area contributed by atoms with Crippen LogP contribution < -0.4 is 19.3 Å².